The van der Waals surface area contributed by atoms with Crippen molar-refractivity contribution in [2.24, 2.45) is 5.92 Å². The molecule has 5 nitrogen and oxygen atoms in total. The largest absolute Gasteiger partial charge is 0.356 e. The average Bonchev–Trinajstić information content (AvgIpc) is 3.10. The lowest BCUT2D eigenvalue weighted by atomic mass is 9.96. The van der Waals surface area contributed by atoms with E-state index in [1.165, 1.54) is 12.8 Å². The highest BCUT2D eigenvalue weighted by molar-refractivity contribution is 9.10. The van der Waals surface area contributed by atoms with Crippen LogP contribution in [0.15, 0.2) is 28.7 Å². The molecule has 0 aliphatic carbocycles. The van der Waals surface area contributed by atoms with Crippen molar-refractivity contribution in [1.82, 2.24) is 15.2 Å². The summed E-state index contributed by atoms with van der Waals surface area (Å²) in [5, 5.41) is 4.06. The van der Waals surface area contributed by atoms with Crippen LogP contribution in [-0.4, -0.2) is 41.3 Å². The minimum Gasteiger partial charge on any atom is -0.356 e. The summed E-state index contributed by atoms with van der Waals surface area (Å²) in [6.07, 6.45) is 6.30. The molecule has 1 aromatic heterocycles. The van der Waals surface area contributed by atoms with Crippen molar-refractivity contribution in [3.05, 3.63) is 34.4 Å². The molecule has 6 heteroatoms. The molecule has 1 unspecified atom stereocenters. The van der Waals surface area contributed by atoms with E-state index in [9.17, 15) is 9.59 Å². The summed E-state index contributed by atoms with van der Waals surface area (Å²) in [5.41, 5.74) is 1.52. The number of nitrogens with zero attached hydrogens (tertiary/aromatic N) is 1. The van der Waals surface area contributed by atoms with Gasteiger partial charge in [-0.15, -0.1) is 0 Å². The minimum absolute atomic E-state index is 0.0252. The second-order valence-electron chi connectivity index (χ2n) is 7.36. The Bertz CT molecular complexity index is 802. The van der Waals surface area contributed by atoms with Crippen LogP contribution in [0.25, 0.3) is 10.9 Å². The number of carbonyl (C=O) groups is 2. The number of aromatic amines is 1. The van der Waals surface area contributed by atoms with Gasteiger partial charge in [-0.3, -0.25) is 9.59 Å². The molecule has 3 rings (SSSR count). The smallest absolute Gasteiger partial charge is 0.270 e. The zero-order valence-electron chi connectivity index (χ0n) is 15.9. The Kier molecular flexibility index (Phi) is 6.94. The predicted octanol–water partition coefficient (Wildman–Crippen LogP) is 4.48. The molecule has 27 heavy (non-hydrogen) atoms. The molecule has 146 valence electrons. The molecule has 1 aliphatic heterocycles. The van der Waals surface area contributed by atoms with E-state index in [-0.39, 0.29) is 17.7 Å². The van der Waals surface area contributed by atoms with Gasteiger partial charge in [-0.25, -0.2) is 0 Å². The van der Waals surface area contributed by atoms with Crippen LogP contribution in [0.4, 0.5) is 0 Å². The maximum atomic E-state index is 12.9. The predicted molar refractivity (Wildman–Crippen MR) is 112 cm³/mol. The summed E-state index contributed by atoms with van der Waals surface area (Å²) in [7, 11) is 0. The summed E-state index contributed by atoms with van der Waals surface area (Å²) in [5.74, 6) is -0.0419. The second-order valence-corrected chi connectivity index (χ2v) is 8.27. The molecular formula is C21H28BrN3O2. The number of unbranched alkanes of at least 4 members (excludes halogenated alkanes) is 3. The summed E-state index contributed by atoms with van der Waals surface area (Å²) < 4.78 is 0.976. The van der Waals surface area contributed by atoms with Crippen LogP contribution in [0.1, 0.15) is 55.9 Å². The van der Waals surface area contributed by atoms with Gasteiger partial charge in [0, 0.05) is 35.0 Å². The highest BCUT2D eigenvalue weighted by Gasteiger charge is 2.29. The third-order valence-corrected chi connectivity index (χ3v) is 5.72. The fourth-order valence-electron chi connectivity index (χ4n) is 3.67. The van der Waals surface area contributed by atoms with E-state index in [2.05, 4.69) is 33.2 Å². The lowest BCUT2D eigenvalue weighted by Gasteiger charge is -2.31. The van der Waals surface area contributed by atoms with Gasteiger partial charge in [0.2, 0.25) is 5.91 Å². The van der Waals surface area contributed by atoms with Crippen LogP contribution in [0.2, 0.25) is 0 Å². The quantitative estimate of drug-likeness (QED) is 0.632. The standard InChI is InChI=1S/C21H28BrN3O2/c1-2-3-4-5-10-23-20(26)16-7-6-11-25(14-16)21(27)19-12-15-8-9-17(22)13-18(15)24-19/h8-9,12-13,16,24H,2-7,10-11,14H2,1H3,(H,23,26). The SMILES string of the molecule is CCCCCCNC(=O)C1CCCN(C(=O)c2cc3ccc(Br)cc3[nH]2)C1. The molecule has 0 spiro atoms. The summed E-state index contributed by atoms with van der Waals surface area (Å²) >= 11 is 3.45. The van der Waals surface area contributed by atoms with Crippen LogP contribution in [-0.2, 0) is 4.79 Å². The zero-order chi connectivity index (χ0) is 19.2. The number of hydrogen-bond acceptors (Lipinski definition) is 2. The van der Waals surface area contributed by atoms with Gasteiger partial charge in [0.1, 0.15) is 5.69 Å². The van der Waals surface area contributed by atoms with E-state index >= 15 is 0 Å². The van der Waals surface area contributed by atoms with Crippen molar-refractivity contribution < 1.29 is 9.59 Å². The number of aromatic nitrogens is 1. The maximum Gasteiger partial charge on any atom is 0.270 e. The first-order chi connectivity index (χ1) is 13.1. The van der Waals surface area contributed by atoms with Crippen molar-refractivity contribution in [1.29, 1.82) is 0 Å². The normalized spacial score (nSPS) is 17.3. The molecule has 0 bridgehead atoms. The topological polar surface area (TPSA) is 65.2 Å². The minimum atomic E-state index is -0.104. The van der Waals surface area contributed by atoms with Gasteiger partial charge in [-0.05, 0) is 37.5 Å². The van der Waals surface area contributed by atoms with E-state index < -0.39 is 0 Å². The van der Waals surface area contributed by atoms with Crippen molar-refractivity contribution in [2.45, 2.75) is 45.4 Å². The Balaban J connectivity index is 1.57. The number of piperidine rings is 1. The monoisotopic (exact) mass is 433 g/mol. The van der Waals surface area contributed by atoms with E-state index in [0.717, 1.165) is 47.6 Å². The van der Waals surface area contributed by atoms with Gasteiger partial charge in [0.25, 0.3) is 5.91 Å². The molecule has 2 N–H and O–H groups in total. The molecule has 1 aliphatic rings. The summed E-state index contributed by atoms with van der Waals surface area (Å²) in [6.45, 7) is 4.12. The lowest BCUT2D eigenvalue weighted by molar-refractivity contribution is -0.126. The van der Waals surface area contributed by atoms with E-state index in [1.54, 1.807) is 0 Å². The number of benzene rings is 1. The summed E-state index contributed by atoms with van der Waals surface area (Å²) in [4.78, 5) is 30.4. The highest BCUT2D eigenvalue weighted by atomic mass is 79.9. The molecule has 1 fully saturated rings. The number of nitrogens with one attached hydrogen (secondary N) is 2. The molecular weight excluding hydrogens is 406 g/mol. The van der Waals surface area contributed by atoms with Crippen LogP contribution >= 0.6 is 15.9 Å². The molecule has 0 saturated carbocycles. The van der Waals surface area contributed by atoms with Gasteiger partial charge in [-0.1, -0.05) is 48.2 Å². The van der Waals surface area contributed by atoms with Gasteiger partial charge < -0.3 is 15.2 Å². The number of likely N-dealkylation sites (tertiary alicyclic amines) is 1. The Hall–Kier alpha value is -1.82. The fourth-order valence-corrected chi connectivity index (χ4v) is 4.03. The fraction of sp³-hybridized carbons (Fsp3) is 0.524. The first-order valence-corrected chi connectivity index (χ1v) is 10.7. The molecule has 0 radical (unpaired) electrons. The Morgan fingerprint density at radius 2 is 2.11 bits per heavy atom. The third-order valence-electron chi connectivity index (χ3n) is 5.22. The number of carbonyl (C=O) groups excluding carboxylic acids is 2. The van der Waals surface area contributed by atoms with Crippen LogP contribution in [0.5, 0.6) is 0 Å². The Morgan fingerprint density at radius 3 is 2.93 bits per heavy atom. The van der Waals surface area contributed by atoms with Crippen molar-refractivity contribution >= 4 is 38.6 Å². The highest BCUT2D eigenvalue weighted by Crippen LogP contribution is 2.23. The van der Waals surface area contributed by atoms with Crippen molar-refractivity contribution in [3.63, 3.8) is 0 Å². The van der Waals surface area contributed by atoms with E-state index in [1.807, 2.05) is 29.2 Å². The lowest BCUT2D eigenvalue weighted by Crippen LogP contribution is -2.45. The van der Waals surface area contributed by atoms with Crippen molar-refractivity contribution in [2.75, 3.05) is 19.6 Å². The maximum absolute atomic E-state index is 12.9. The molecule has 2 amide bonds. The van der Waals surface area contributed by atoms with Gasteiger partial charge in [-0.2, -0.15) is 0 Å². The first kappa shape index (κ1) is 19.9. The molecule has 1 atom stereocenters. The zero-order valence-corrected chi connectivity index (χ0v) is 17.5. The number of amides is 2. The first-order valence-electron chi connectivity index (χ1n) is 9.93. The van der Waals surface area contributed by atoms with Gasteiger partial charge >= 0.3 is 0 Å². The van der Waals surface area contributed by atoms with Gasteiger partial charge in [0.15, 0.2) is 0 Å². The second kappa shape index (κ2) is 9.40. The van der Waals surface area contributed by atoms with Crippen LogP contribution in [0.3, 0.4) is 0 Å². The number of halogens is 1. The Morgan fingerprint density at radius 1 is 1.26 bits per heavy atom. The number of rotatable bonds is 7. The van der Waals surface area contributed by atoms with Crippen LogP contribution < -0.4 is 5.32 Å². The average molecular weight is 434 g/mol. The number of fused-ring (bicyclic) bond motifs is 1. The van der Waals surface area contributed by atoms with Crippen molar-refractivity contribution in [3.8, 4) is 0 Å². The molecule has 2 aromatic rings. The molecule has 1 aromatic carbocycles. The Labute approximate surface area is 169 Å². The van der Waals surface area contributed by atoms with E-state index in [0.29, 0.717) is 18.8 Å². The van der Waals surface area contributed by atoms with Gasteiger partial charge in [0.05, 0.1) is 5.92 Å². The number of H-pyrrole nitrogens is 1. The van der Waals surface area contributed by atoms with Crippen LogP contribution in [0, 0.1) is 5.92 Å². The number of hydrogen-bond donors (Lipinski definition) is 2. The van der Waals surface area contributed by atoms with E-state index in [4.69, 9.17) is 0 Å². The molecule has 2 heterocycles. The third kappa shape index (κ3) is 5.12. The molecule has 1 saturated heterocycles. The summed E-state index contributed by atoms with van der Waals surface area (Å²) in [6, 6.07) is 7.81.